The number of nitrogens with zero attached hydrogens (tertiary/aromatic N) is 1. The van der Waals surface area contributed by atoms with Crippen molar-refractivity contribution < 1.29 is 19.3 Å². The Morgan fingerprint density at radius 3 is 2.03 bits per heavy atom. The topological polar surface area (TPSA) is 106 Å². The normalized spacial score (nSPS) is 12.2. The zero-order valence-electron chi connectivity index (χ0n) is 14.6. The number of fused-ring (bicyclic) bond motifs is 2. The third-order valence-electron chi connectivity index (χ3n) is 4.61. The standard InChI is InChI=1S/C21H11ClN2O5/c22-12-7-5-11(6-8-12)21(27)23-15-9-10-16(24(28)29)18-17(15)19(25)13-3-1-2-4-14(13)20(18)26/h1-10H,(H,23,27). The minimum Gasteiger partial charge on any atom is -0.321 e. The number of hydrogen-bond donors (Lipinski definition) is 1. The zero-order chi connectivity index (χ0) is 20.7. The van der Waals surface area contributed by atoms with E-state index in [0.717, 1.165) is 6.07 Å². The third-order valence-corrected chi connectivity index (χ3v) is 4.86. The second-order valence-corrected chi connectivity index (χ2v) is 6.74. The van der Waals surface area contributed by atoms with E-state index in [1.807, 2.05) is 0 Å². The van der Waals surface area contributed by atoms with Crippen molar-refractivity contribution in [3.63, 3.8) is 0 Å². The monoisotopic (exact) mass is 406 g/mol. The number of amides is 1. The minimum atomic E-state index is -0.720. The predicted octanol–water partition coefficient (Wildman–Crippen LogP) is 4.28. The molecule has 0 aliphatic heterocycles. The number of nitro benzene ring substituents is 1. The number of hydrogen-bond acceptors (Lipinski definition) is 5. The Labute approximate surface area is 169 Å². The molecule has 3 aromatic rings. The van der Waals surface area contributed by atoms with E-state index in [0.29, 0.717) is 5.02 Å². The smallest absolute Gasteiger partial charge is 0.281 e. The fraction of sp³-hybridized carbons (Fsp3) is 0. The SMILES string of the molecule is O=C(Nc1ccc([N+](=O)[O-])c2c1C(=O)c1ccccc1C2=O)c1ccc(Cl)cc1. The fourth-order valence-electron chi connectivity index (χ4n) is 3.26. The number of ketones is 2. The lowest BCUT2D eigenvalue weighted by Crippen LogP contribution is -2.25. The molecule has 0 saturated carbocycles. The summed E-state index contributed by atoms with van der Waals surface area (Å²) in [4.78, 5) is 49.3. The number of anilines is 1. The van der Waals surface area contributed by atoms with Gasteiger partial charge in [0.2, 0.25) is 5.78 Å². The Bertz CT molecular complexity index is 1220. The van der Waals surface area contributed by atoms with Crippen LogP contribution in [0, 0.1) is 10.1 Å². The second-order valence-electron chi connectivity index (χ2n) is 6.30. The Kier molecular flexibility index (Phi) is 4.44. The van der Waals surface area contributed by atoms with Gasteiger partial charge in [0.1, 0.15) is 5.56 Å². The largest absolute Gasteiger partial charge is 0.321 e. The highest BCUT2D eigenvalue weighted by atomic mass is 35.5. The van der Waals surface area contributed by atoms with E-state index >= 15 is 0 Å². The quantitative estimate of drug-likeness (QED) is 0.403. The molecule has 0 unspecified atom stereocenters. The van der Waals surface area contributed by atoms with Gasteiger partial charge in [0, 0.05) is 27.8 Å². The highest BCUT2D eigenvalue weighted by molar-refractivity contribution is 6.32. The number of nitrogens with one attached hydrogen (secondary N) is 1. The van der Waals surface area contributed by atoms with E-state index in [-0.39, 0.29) is 33.5 Å². The molecule has 1 amide bonds. The molecule has 7 nitrogen and oxygen atoms in total. The van der Waals surface area contributed by atoms with Gasteiger partial charge in [-0.1, -0.05) is 35.9 Å². The van der Waals surface area contributed by atoms with Crippen molar-refractivity contribution in [3.05, 3.63) is 104 Å². The van der Waals surface area contributed by atoms with Gasteiger partial charge < -0.3 is 5.32 Å². The first-order chi connectivity index (χ1) is 13.9. The number of carbonyl (C=O) groups is 3. The molecule has 0 radical (unpaired) electrons. The lowest BCUT2D eigenvalue weighted by atomic mass is 9.82. The number of halogens is 1. The molecule has 1 aliphatic carbocycles. The van der Waals surface area contributed by atoms with Crippen LogP contribution in [0.15, 0.2) is 60.7 Å². The van der Waals surface area contributed by atoms with Gasteiger partial charge in [-0.15, -0.1) is 0 Å². The summed E-state index contributed by atoms with van der Waals surface area (Å²) in [6.07, 6.45) is 0. The van der Waals surface area contributed by atoms with Gasteiger partial charge >= 0.3 is 0 Å². The minimum absolute atomic E-state index is 0.0263. The van der Waals surface area contributed by atoms with E-state index < -0.39 is 28.1 Å². The number of carbonyl (C=O) groups excluding carboxylic acids is 3. The lowest BCUT2D eigenvalue weighted by Gasteiger charge is -2.20. The molecule has 4 rings (SSSR count). The van der Waals surface area contributed by atoms with Crippen LogP contribution >= 0.6 is 11.6 Å². The summed E-state index contributed by atoms with van der Waals surface area (Å²) >= 11 is 5.82. The van der Waals surface area contributed by atoms with Crippen LogP contribution in [-0.4, -0.2) is 22.4 Å². The Balaban J connectivity index is 1.86. The van der Waals surface area contributed by atoms with Crippen LogP contribution in [0.3, 0.4) is 0 Å². The molecule has 1 aliphatic rings. The molecule has 1 N–H and O–H groups in total. The van der Waals surface area contributed by atoms with Crippen molar-refractivity contribution in [2.45, 2.75) is 0 Å². The first kappa shape index (κ1) is 18.5. The Hall–Kier alpha value is -3.84. The fourth-order valence-corrected chi connectivity index (χ4v) is 3.38. The van der Waals surface area contributed by atoms with E-state index in [4.69, 9.17) is 11.6 Å². The van der Waals surface area contributed by atoms with Crippen LogP contribution in [0.4, 0.5) is 11.4 Å². The highest BCUT2D eigenvalue weighted by Crippen LogP contribution is 2.37. The summed E-state index contributed by atoms with van der Waals surface area (Å²) in [5.41, 5.74) is -0.480. The molecular weight excluding hydrogens is 396 g/mol. The molecule has 8 heteroatoms. The first-order valence-corrected chi connectivity index (χ1v) is 8.83. The Morgan fingerprint density at radius 1 is 0.862 bits per heavy atom. The van der Waals surface area contributed by atoms with Crippen LogP contribution in [-0.2, 0) is 0 Å². The molecule has 0 fully saturated rings. The molecule has 3 aromatic carbocycles. The summed E-state index contributed by atoms with van der Waals surface area (Å²) in [7, 11) is 0. The van der Waals surface area contributed by atoms with Crippen molar-refractivity contribution >= 4 is 40.4 Å². The summed E-state index contributed by atoms with van der Waals surface area (Å²) in [6, 6.07) is 14.5. The summed E-state index contributed by atoms with van der Waals surface area (Å²) < 4.78 is 0. The van der Waals surface area contributed by atoms with Crippen molar-refractivity contribution in [2.24, 2.45) is 0 Å². The molecule has 0 heterocycles. The van der Waals surface area contributed by atoms with Crippen molar-refractivity contribution in [3.8, 4) is 0 Å². The van der Waals surface area contributed by atoms with E-state index in [1.54, 1.807) is 12.1 Å². The molecule has 0 bridgehead atoms. The van der Waals surface area contributed by atoms with Crippen LogP contribution in [0.25, 0.3) is 0 Å². The van der Waals surface area contributed by atoms with Gasteiger partial charge in [0.05, 0.1) is 16.2 Å². The summed E-state index contributed by atoms with van der Waals surface area (Å²) in [5, 5.41) is 14.5. The average molecular weight is 407 g/mol. The van der Waals surface area contributed by atoms with Crippen LogP contribution < -0.4 is 5.32 Å². The average Bonchev–Trinajstić information content (AvgIpc) is 2.72. The number of rotatable bonds is 3. The first-order valence-electron chi connectivity index (χ1n) is 8.45. The summed E-state index contributed by atoms with van der Waals surface area (Å²) in [6.45, 7) is 0. The van der Waals surface area contributed by atoms with Crippen molar-refractivity contribution in [1.29, 1.82) is 0 Å². The number of nitro groups is 1. The molecule has 0 saturated heterocycles. The van der Waals surface area contributed by atoms with Gasteiger partial charge in [0.25, 0.3) is 11.6 Å². The van der Waals surface area contributed by atoms with E-state index in [1.165, 1.54) is 42.5 Å². The highest BCUT2D eigenvalue weighted by Gasteiger charge is 2.37. The zero-order valence-corrected chi connectivity index (χ0v) is 15.4. The van der Waals surface area contributed by atoms with Gasteiger partial charge in [-0.25, -0.2) is 0 Å². The van der Waals surface area contributed by atoms with Crippen molar-refractivity contribution in [1.82, 2.24) is 0 Å². The molecule has 29 heavy (non-hydrogen) atoms. The number of benzene rings is 3. The van der Waals surface area contributed by atoms with Crippen molar-refractivity contribution in [2.75, 3.05) is 5.32 Å². The van der Waals surface area contributed by atoms with Gasteiger partial charge in [0.15, 0.2) is 5.78 Å². The van der Waals surface area contributed by atoms with E-state index in [9.17, 15) is 24.5 Å². The third kappa shape index (κ3) is 3.07. The second kappa shape index (κ2) is 6.96. The maximum atomic E-state index is 13.1. The van der Waals surface area contributed by atoms with E-state index in [2.05, 4.69) is 5.32 Å². The van der Waals surface area contributed by atoms with Crippen LogP contribution in [0.2, 0.25) is 5.02 Å². The molecular formula is C21H11ClN2O5. The van der Waals surface area contributed by atoms with Gasteiger partial charge in [-0.05, 0) is 30.3 Å². The molecule has 0 aromatic heterocycles. The predicted molar refractivity (Wildman–Crippen MR) is 106 cm³/mol. The summed E-state index contributed by atoms with van der Waals surface area (Å²) in [5.74, 6) is -1.74. The maximum absolute atomic E-state index is 13.1. The lowest BCUT2D eigenvalue weighted by molar-refractivity contribution is -0.385. The molecule has 142 valence electrons. The van der Waals surface area contributed by atoms with Gasteiger partial charge in [-0.3, -0.25) is 24.5 Å². The molecule has 0 spiro atoms. The Morgan fingerprint density at radius 2 is 1.45 bits per heavy atom. The maximum Gasteiger partial charge on any atom is 0.281 e. The van der Waals surface area contributed by atoms with Crippen LogP contribution in [0.5, 0.6) is 0 Å². The van der Waals surface area contributed by atoms with Crippen LogP contribution in [0.1, 0.15) is 42.2 Å². The van der Waals surface area contributed by atoms with Gasteiger partial charge in [-0.2, -0.15) is 0 Å². The molecule has 0 atom stereocenters.